The predicted molar refractivity (Wildman–Crippen MR) is 50.8 cm³/mol. The van der Waals surface area contributed by atoms with E-state index in [2.05, 4.69) is 30.9 Å². The summed E-state index contributed by atoms with van der Waals surface area (Å²) in [6, 6.07) is 0.770. The third kappa shape index (κ3) is 3.35. The van der Waals surface area contributed by atoms with Crippen LogP contribution in [-0.4, -0.2) is 24.0 Å². The Morgan fingerprint density at radius 2 is 2.17 bits per heavy atom. The van der Waals surface area contributed by atoms with Gasteiger partial charge >= 0.3 is 18.9 Å². The Bertz CT molecular complexity index is 139. The van der Waals surface area contributed by atoms with Gasteiger partial charge in [-0.25, -0.2) is 0 Å². The fourth-order valence-corrected chi connectivity index (χ4v) is 1.45. The minimum atomic E-state index is 0. The Labute approximate surface area is 89.9 Å². The molecule has 1 nitrogen and oxygen atoms in total. The van der Waals surface area contributed by atoms with Crippen LogP contribution in [0, 0.1) is 0 Å². The van der Waals surface area contributed by atoms with E-state index in [1.54, 1.807) is 0 Å². The van der Waals surface area contributed by atoms with E-state index >= 15 is 0 Å². The molecule has 0 saturated carbocycles. The second-order valence-electron chi connectivity index (χ2n) is 3.21. The van der Waals surface area contributed by atoms with Crippen LogP contribution in [0.25, 0.3) is 0 Å². The summed E-state index contributed by atoms with van der Waals surface area (Å²) in [6.07, 6.45) is 8.51. The molecule has 0 bridgehead atoms. The summed E-state index contributed by atoms with van der Waals surface area (Å²) >= 11 is 0. The van der Waals surface area contributed by atoms with Crippen molar-refractivity contribution in [3.05, 3.63) is 12.2 Å². The molecule has 1 unspecified atom stereocenters. The number of likely N-dealkylation sites (N-methyl/N-ethyl adjacent to an activating group) is 1. The maximum Gasteiger partial charge on any atom is 1.00 e. The normalized spacial score (nSPS) is 20.4. The minimum absolute atomic E-state index is 0. The van der Waals surface area contributed by atoms with E-state index in [0.717, 1.165) is 6.04 Å². The van der Waals surface area contributed by atoms with Crippen LogP contribution in [0.15, 0.2) is 12.2 Å². The summed E-state index contributed by atoms with van der Waals surface area (Å²) in [7, 11) is 0. The van der Waals surface area contributed by atoms with Gasteiger partial charge in [-0.15, -0.1) is 0 Å². The topological polar surface area (TPSA) is 3.24 Å². The van der Waals surface area contributed by atoms with Gasteiger partial charge in [-0.3, -0.25) is 4.90 Å². The van der Waals surface area contributed by atoms with Gasteiger partial charge in [0.2, 0.25) is 0 Å². The Balaban J connectivity index is 0. The number of hydrogen-bond donors (Lipinski definition) is 0. The molecule has 0 heterocycles. The van der Waals surface area contributed by atoms with Crippen molar-refractivity contribution in [2.75, 3.05) is 13.1 Å². The third-order valence-corrected chi connectivity index (χ3v) is 2.41. The number of nitrogens with zero attached hydrogens (tertiary/aromatic N) is 1. The van der Waals surface area contributed by atoms with Crippen molar-refractivity contribution in [2.45, 2.75) is 39.2 Å². The van der Waals surface area contributed by atoms with Crippen molar-refractivity contribution in [1.82, 2.24) is 4.90 Å². The number of rotatable bonds is 5. The van der Waals surface area contributed by atoms with Crippen LogP contribution >= 0.6 is 0 Å². The van der Waals surface area contributed by atoms with E-state index in [4.69, 9.17) is 0 Å². The Hall–Kier alpha value is 0.297. The largest absolute Gasteiger partial charge is 1.00 e. The number of unbranched alkanes of at least 4 members (excludes halogenated alkanes) is 1. The fraction of sp³-hybridized carbons (Fsp3) is 0.800. The van der Waals surface area contributed by atoms with Crippen LogP contribution in [0.1, 0.15) is 34.5 Å². The molecular formula is C10H20LiN. The molecule has 0 aromatic rings. The molecule has 1 atom stereocenters. The second-order valence-corrected chi connectivity index (χ2v) is 3.21. The van der Waals surface area contributed by atoms with Crippen molar-refractivity contribution in [3.63, 3.8) is 0 Å². The van der Waals surface area contributed by atoms with E-state index in [1.807, 2.05) is 0 Å². The summed E-state index contributed by atoms with van der Waals surface area (Å²) < 4.78 is 0. The van der Waals surface area contributed by atoms with E-state index in [9.17, 15) is 0 Å². The first-order valence-electron chi connectivity index (χ1n) is 4.79. The van der Waals surface area contributed by atoms with Gasteiger partial charge in [0, 0.05) is 6.04 Å². The van der Waals surface area contributed by atoms with E-state index in [0.29, 0.717) is 0 Å². The minimum Gasteiger partial charge on any atom is -1.00 e. The molecule has 1 rings (SSSR count). The zero-order valence-corrected chi connectivity index (χ0v) is 8.71. The fourth-order valence-electron chi connectivity index (χ4n) is 1.45. The first kappa shape index (κ1) is 12.3. The standard InChI is InChI=1S/C10H19N.Li.H/c1-3-5-9-11(4-2)10-7-6-8-10;;/h6-7,10H,3-5,8-9H2,1-2H3;;/q;+1;-1. The van der Waals surface area contributed by atoms with Gasteiger partial charge in [0.1, 0.15) is 0 Å². The van der Waals surface area contributed by atoms with Crippen LogP contribution in [0.2, 0.25) is 0 Å². The predicted octanol–water partition coefficient (Wildman–Crippen LogP) is -0.447. The van der Waals surface area contributed by atoms with Crippen molar-refractivity contribution in [3.8, 4) is 0 Å². The molecule has 0 aliphatic heterocycles. The van der Waals surface area contributed by atoms with Gasteiger partial charge in [0.05, 0.1) is 0 Å². The van der Waals surface area contributed by atoms with Gasteiger partial charge in [0.25, 0.3) is 0 Å². The van der Waals surface area contributed by atoms with E-state index in [1.165, 1.54) is 32.4 Å². The summed E-state index contributed by atoms with van der Waals surface area (Å²) in [5.41, 5.74) is 0. The van der Waals surface area contributed by atoms with Crippen molar-refractivity contribution in [1.29, 1.82) is 0 Å². The van der Waals surface area contributed by atoms with Crippen LogP contribution in [0.5, 0.6) is 0 Å². The summed E-state index contributed by atoms with van der Waals surface area (Å²) in [6.45, 7) is 6.99. The molecule has 0 N–H and O–H groups in total. The van der Waals surface area contributed by atoms with Gasteiger partial charge < -0.3 is 1.43 Å². The van der Waals surface area contributed by atoms with Crippen molar-refractivity contribution in [2.24, 2.45) is 0 Å². The Morgan fingerprint density at radius 1 is 1.50 bits per heavy atom. The Morgan fingerprint density at radius 3 is 2.50 bits per heavy atom. The monoisotopic (exact) mass is 161 g/mol. The molecule has 1 aliphatic carbocycles. The molecule has 66 valence electrons. The van der Waals surface area contributed by atoms with Gasteiger partial charge in [0.15, 0.2) is 0 Å². The van der Waals surface area contributed by atoms with Crippen LogP contribution in [-0.2, 0) is 0 Å². The smallest absolute Gasteiger partial charge is 1.00 e. The van der Waals surface area contributed by atoms with Gasteiger partial charge in [-0.05, 0) is 25.9 Å². The van der Waals surface area contributed by atoms with E-state index in [-0.39, 0.29) is 20.3 Å². The second kappa shape index (κ2) is 6.77. The molecule has 0 radical (unpaired) electrons. The molecule has 12 heavy (non-hydrogen) atoms. The average Bonchev–Trinajstić information content (AvgIpc) is 1.93. The van der Waals surface area contributed by atoms with Crippen LogP contribution in [0.4, 0.5) is 0 Å². The maximum atomic E-state index is 2.56. The average molecular weight is 161 g/mol. The zero-order valence-electron chi connectivity index (χ0n) is 9.71. The first-order valence-corrected chi connectivity index (χ1v) is 4.79. The van der Waals surface area contributed by atoms with Crippen LogP contribution in [0.3, 0.4) is 0 Å². The summed E-state index contributed by atoms with van der Waals surface area (Å²) in [5, 5.41) is 0. The summed E-state index contributed by atoms with van der Waals surface area (Å²) in [5.74, 6) is 0. The van der Waals surface area contributed by atoms with Gasteiger partial charge in [-0.2, -0.15) is 0 Å². The first-order chi connectivity index (χ1) is 5.38. The molecule has 0 amide bonds. The number of hydrogen-bond acceptors (Lipinski definition) is 1. The molecule has 0 aromatic carbocycles. The zero-order chi connectivity index (χ0) is 8.10. The molecule has 0 saturated heterocycles. The Kier molecular flexibility index (Phi) is 6.94. The van der Waals surface area contributed by atoms with Crippen LogP contribution < -0.4 is 18.9 Å². The molecule has 0 aromatic heterocycles. The molecule has 1 aliphatic rings. The molecule has 0 fully saturated rings. The third-order valence-electron chi connectivity index (χ3n) is 2.41. The van der Waals surface area contributed by atoms with Crippen molar-refractivity contribution < 1.29 is 20.3 Å². The molecule has 2 heteroatoms. The van der Waals surface area contributed by atoms with Gasteiger partial charge in [-0.1, -0.05) is 32.4 Å². The maximum absolute atomic E-state index is 2.56. The van der Waals surface area contributed by atoms with E-state index < -0.39 is 0 Å². The quantitative estimate of drug-likeness (QED) is 0.390. The SMILES string of the molecule is CCCCN(CC)C1C=CC1.[H-].[Li+]. The molecule has 0 spiro atoms. The van der Waals surface area contributed by atoms with Crippen molar-refractivity contribution >= 4 is 0 Å². The molecular weight excluding hydrogens is 141 g/mol. The summed E-state index contributed by atoms with van der Waals surface area (Å²) in [4.78, 5) is 2.56.